The van der Waals surface area contributed by atoms with Crippen molar-refractivity contribution < 1.29 is 28.5 Å². The van der Waals surface area contributed by atoms with Gasteiger partial charge in [-0.3, -0.25) is 0 Å². The maximum Gasteiger partial charge on any atom is 0.509 e. The van der Waals surface area contributed by atoms with Gasteiger partial charge in [-0.1, -0.05) is 72.5 Å². The first kappa shape index (κ1) is 24.0. The van der Waals surface area contributed by atoms with Crippen molar-refractivity contribution in [3.8, 4) is 23.7 Å². The summed E-state index contributed by atoms with van der Waals surface area (Å²) in [5.74, 6) is 11.9. The van der Waals surface area contributed by atoms with Crippen molar-refractivity contribution in [2.24, 2.45) is 0 Å². The topological polar surface area (TPSA) is 71.1 Å². The molecule has 0 aliphatic heterocycles. The molecule has 0 fully saturated rings. The Kier molecular flexibility index (Phi) is 8.73. The van der Waals surface area contributed by atoms with Crippen LogP contribution in [-0.2, 0) is 18.9 Å². The van der Waals surface area contributed by atoms with E-state index in [1.807, 2.05) is 60.7 Å². The Hall–Kier alpha value is -4.68. The molecule has 34 heavy (non-hydrogen) atoms. The highest BCUT2D eigenvalue weighted by Gasteiger charge is 2.24. The quantitative estimate of drug-likeness (QED) is 0.386. The summed E-state index contributed by atoms with van der Waals surface area (Å²) in [5.41, 5.74) is 2.47. The van der Waals surface area contributed by atoms with Crippen LogP contribution in [0.4, 0.5) is 9.59 Å². The van der Waals surface area contributed by atoms with Crippen molar-refractivity contribution in [1.82, 2.24) is 0 Å². The van der Waals surface area contributed by atoms with Crippen LogP contribution in [0.25, 0.3) is 0 Å². The molecule has 0 N–H and O–H groups in total. The van der Waals surface area contributed by atoms with Gasteiger partial charge in [0.15, 0.2) is 12.2 Å². The first-order chi connectivity index (χ1) is 16.6. The first-order valence-corrected chi connectivity index (χ1v) is 10.3. The molecule has 0 amide bonds. The van der Waals surface area contributed by atoms with E-state index in [1.54, 1.807) is 24.3 Å². The SMILES string of the molecule is COC(=O)OC(C#Cc1ccccc1)c1ccccc1C(C#Cc1ccccc1)OC(=O)OC. The molecule has 170 valence electrons. The highest BCUT2D eigenvalue weighted by Crippen LogP contribution is 2.29. The van der Waals surface area contributed by atoms with E-state index in [2.05, 4.69) is 33.2 Å². The van der Waals surface area contributed by atoms with Gasteiger partial charge in [-0.05, 0) is 36.1 Å². The van der Waals surface area contributed by atoms with Crippen LogP contribution in [0.3, 0.4) is 0 Å². The van der Waals surface area contributed by atoms with Crippen LogP contribution >= 0.6 is 0 Å². The largest absolute Gasteiger partial charge is 0.509 e. The van der Waals surface area contributed by atoms with Crippen LogP contribution in [0.5, 0.6) is 0 Å². The van der Waals surface area contributed by atoms with Gasteiger partial charge >= 0.3 is 12.3 Å². The zero-order valence-electron chi connectivity index (χ0n) is 18.7. The molecule has 0 bridgehead atoms. The third-order valence-corrected chi connectivity index (χ3v) is 4.57. The summed E-state index contributed by atoms with van der Waals surface area (Å²) >= 11 is 0. The van der Waals surface area contributed by atoms with Crippen molar-refractivity contribution in [1.29, 1.82) is 0 Å². The van der Waals surface area contributed by atoms with E-state index in [4.69, 9.17) is 9.47 Å². The molecule has 0 aliphatic rings. The molecule has 2 unspecified atom stereocenters. The molecule has 0 aliphatic carbocycles. The van der Waals surface area contributed by atoms with Crippen LogP contribution in [0.1, 0.15) is 34.5 Å². The number of methoxy groups -OCH3 is 2. The van der Waals surface area contributed by atoms with Crippen molar-refractivity contribution in [2.75, 3.05) is 14.2 Å². The van der Waals surface area contributed by atoms with Crippen LogP contribution in [0.2, 0.25) is 0 Å². The molecule has 0 heterocycles. The Bertz CT molecular complexity index is 1130. The maximum absolute atomic E-state index is 12.0. The summed E-state index contributed by atoms with van der Waals surface area (Å²) < 4.78 is 20.2. The fourth-order valence-electron chi connectivity index (χ4n) is 2.96. The van der Waals surface area contributed by atoms with Crippen molar-refractivity contribution >= 4 is 12.3 Å². The minimum absolute atomic E-state index is 0.493. The summed E-state index contributed by atoms with van der Waals surface area (Å²) in [6.45, 7) is 0. The molecule has 0 spiro atoms. The average molecular weight is 454 g/mol. The van der Waals surface area contributed by atoms with Crippen molar-refractivity contribution in [2.45, 2.75) is 12.2 Å². The normalized spacial score (nSPS) is 11.4. The van der Waals surface area contributed by atoms with Crippen LogP contribution in [0, 0.1) is 23.7 Å². The zero-order chi connectivity index (χ0) is 24.2. The van der Waals surface area contributed by atoms with Gasteiger partial charge in [0, 0.05) is 22.3 Å². The lowest BCUT2D eigenvalue weighted by Crippen LogP contribution is -2.16. The first-order valence-electron chi connectivity index (χ1n) is 10.3. The highest BCUT2D eigenvalue weighted by atomic mass is 16.7. The third-order valence-electron chi connectivity index (χ3n) is 4.57. The Balaban J connectivity index is 2.06. The second kappa shape index (κ2) is 12.4. The van der Waals surface area contributed by atoms with Gasteiger partial charge in [0.1, 0.15) is 0 Å². The smallest absolute Gasteiger partial charge is 0.438 e. The minimum Gasteiger partial charge on any atom is -0.438 e. The van der Waals surface area contributed by atoms with Gasteiger partial charge in [-0.15, -0.1) is 0 Å². The number of carbonyl (C=O) groups is 2. The highest BCUT2D eigenvalue weighted by molar-refractivity contribution is 5.62. The summed E-state index contributed by atoms with van der Waals surface area (Å²) in [6, 6.07) is 25.5. The number of hydrogen-bond acceptors (Lipinski definition) is 6. The lowest BCUT2D eigenvalue weighted by atomic mass is 9.97. The molecule has 0 saturated heterocycles. The van der Waals surface area contributed by atoms with Crippen molar-refractivity contribution in [3.05, 3.63) is 107 Å². The molecule has 6 nitrogen and oxygen atoms in total. The number of benzene rings is 3. The maximum atomic E-state index is 12.0. The molecule has 3 aromatic rings. The van der Waals surface area contributed by atoms with Gasteiger partial charge in [0.2, 0.25) is 0 Å². The fraction of sp³-hybridized carbons (Fsp3) is 0.143. The Labute approximate surface area is 198 Å². The number of carbonyl (C=O) groups excluding carboxylic acids is 2. The molecule has 6 heteroatoms. The van der Waals surface area contributed by atoms with Crippen molar-refractivity contribution in [3.63, 3.8) is 0 Å². The second-order valence-electron chi connectivity index (χ2n) is 6.80. The van der Waals surface area contributed by atoms with Crippen LogP contribution < -0.4 is 0 Å². The number of rotatable bonds is 4. The van der Waals surface area contributed by atoms with E-state index < -0.39 is 24.5 Å². The van der Waals surface area contributed by atoms with Crippen LogP contribution in [0.15, 0.2) is 84.9 Å². The van der Waals surface area contributed by atoms with Gasteiger partial charge in [0.25, 0.3) is 0 Å². The van der Waals surface area contributed by atoms with Gasteiger partial charge in [0.05, 0.1) is 14.2 Å². The minimum atomic E-state index is -1.01. The average Bonchev–Trinajstić information content (AvgIpc) is 2.89. The molecular weight excluding hydrogens is 432 g/mol. The summed E-state index contributed by atoms with van der Waals surface area (Å²) in [4.78, 5) is 24.0. The molecule has 0 radical (unpaired) electrons. The van der Waals surface area contributed by atoms with Gasteiger partial charge < -0.3 is 18.9 Å². The monoisotopic (exact) mass is 454 g/mol. The third kappa shape index (κ3) is 6.91. The molecule has 3 rings (SSSR count). The van der Waals surface area contributed by atoms with E-state index >= 15 is 0 Å². The lowest BCUT2D eigenvalue weighted by Gasteiger charge is -2.19. The number of hydrogen-bond donors (Lipinski definition) is 0. The predicted octanol–water partition coefficient (Wildman–Crippen LogP) is 5.44. The Morgan fingerprint density at radius 2 is 0.941 bits per heavy atom. The molecular formula is C28H22O6. The molecule has 3 aromatic carbocycles. The summed E-state index contributed by atoms with van der Waals surface area (Å²) in [6.07, 6.45) is -3.82. The Morgan fingerprint density at radius 1 is 0.588 bits per heavy atom. The predicted molar refractivity (Wildman–Crippen MR) is 126 cm³/mol. The molecule has 0 saturated carbocycles. The molecule has 2 atom stereocenters. The van der Waals surface area contributed by atoms with E-state index in [9.17, 15) is 9.59 Å². The van der Waals surface area contributed by atoms with E-state index in [0.29, 0.717) is 11.1 Å². The number of ether oxygens (including phenoxy) is 4. The van der Waals surface area contributed by atoms with Gasteiger partial charge in [-0.2, -0.15) is 0 Å². The summed E-state index contributed by atoms with van der Waals surface area (Å²) in [7, 11) is 2.43. The lowest BCUT2D eigenvalue weighted by molar-refractivity contribution is 0.0473. The van der Waals surface area contributed by atoms with E-state index in [-0.39, 0.29) is 0 Å². The Morgan fingerprint density at radius 3 is 1.29 bits per heavy atom. The fourth-order valence-corrected chi connectivity index (χ4v) is 2.96. The molecule has 0 aromatic heterocycles. The van der Waals surface area contributed by atoms with Crippen LogP contribution in [-0.4, -0.2) is 26.5 Å². The van der Waals surface area contributed by atoms with E-state index in [0.717, 1.165) is 11.1 Å². The second-order valence-corrected chi connectivity index (χ2v) is 6.80. The zero-order valence-corrected chi connectivity index (χ0v) is 18.7. The standard InChI is InChI=1S/C28H22O6/c1-31-27(29)33-25(19-17-21-11-5-3-6-12-21)23-15-9-10-16-24(23)26(34-28(30)32-2)20-18-22-13-7-4-8-14-22/h3-16,25-26H,1-2H3. The van der Waals surface area contributed by atoms with E-state index in [1.165, 1.54) is 14.2 Å². The summed E-state index contributed by atoms with van der Waals surface area (Å²) in [5, 5.41) is 0. The van der Waals surface area contributed by atoms with Gasteiger partial charge in [-0.25, -0.2) is 9.59 Å².